The Kier molecular flexibility index (Phi) is 6.17. The number of rotatable bonds is 5. The van der Waals surface area contributed by atoms with Gasteiger partial charge < -0.3 is 10.2 Å². The van der Waals surface area contributed by atoms with Crippen LogP contribution < -0.4 is 5.32 Å². The van der Waals surface area contributed by atoms with E-state index in [4.69, 9.17) is 0 Å². The molecule has 1 N–H and O–H groups in total. The molecular weight excluding hydrogens is 272 g/mol. The molecule has 126 valence electrons. The fraction of sp³-hybridized carbons (Fsp3) is 0.947. The smallest absolute Gasteiger partial charge is 0.222 e. The summed E-state index contributed by atoms with van der Waals surface area (Å²) >= 11 is 0. The van der Waals surface area contributed by atoms with Gasteiger partial charge in [-0.25, -0.2) is 0 Å². The van der Waals surface area contributed by atoms with E-state index in [1.807, 2.05) is 0 Å². The van der Waals surface area contributed by atoms with Crippen LogP contribution in [-0.4, -0.2) is 36.5 Å². The van der Waals surface area contributed by atoms with Gasteiger partial charge in [0.25, 0.3) is 0 Å². The van der Waals surface area contributed by atoms with Gasteiger partial charge in [0, 0.05) is 19.0 Å². The lowest BCUT2D eigenvalue weighted by Gasteiger charge is -2.31. The summed E-state index contributed by atoms with van der Waals surface area (Å²) in [7, 11) is 0. The van der Waals surface area contributed by atoms with Crippen molar-refractivity contribution in [3.63, 3.8) is 0 Å². The first kappa shape index (κ1) is 16.3. The fourth-order valence-electron chi connectivity index (χ4n) is 4.86. The molecule has 3 fully saturated rings. The average molecular weight is 306 g/mol. The van der Waals surface area contributed by atoms with Crippen LogP contribution in [0.25, 0.3) is 0 Å². The van der Waals surface area contributed by atoms with Gasteiger partial charge in [0.2, 0.25) is 5.91 Å². The molecule has 1 unspecified atom stereocenters. The minimum atomic E-state index is 0.455. The highest BCUT2D eigenvalue weighted by Gasteiger charge is 2.31. The maximum absolute atomic E-state index is 12.7. The average Bonchev–Trinajstić information content (AvgIpc) is 3.03. The zero-order valence-corrected chi connectivity index (χ0v) is 14.2. The Labute approximate surface area is 136 Å². The summed E-state index contributed by atoms with van der Waals surface area (Å²) in [5, 5.41) is 3.41. The third kappa shape index (κ3) is 4.47. The lowest BCUT2D eigenvalue weighted by molar-refractivity contribution is -0.132. The number of hydrogen-bond acceptors (Lipinski definition) is 2. The molecule has 3 rings (SSSR count). The Morgan fingerprint density at radius 1 is 0.909 bits per heavy atom. The summed E-state index contributed by atoms with van der Waals surface area (Å²) in [6, 6.07) is 0.573. The van der Waals surface area contributed by atoms with E-state index >= 15 is 0 Å². The summed E-state index contributed by atoms with van der Waals surface area (Å²) < 4.78 is 0. The SMILES string of the molecule is O=C(CCC1CCNCC1)N1CCCC1CC1CCCCC1. The molecule has 2 saturated heterocycles. The number of nitrogens with one attached hydrogen (secondary N) is 1. The molecule has 1 aliphatic carbocycles. The fourth-order valence-corrected chi connectivity index (χ4v) is 4.86. The molecule has 0 aromatic rings. The lowest BCUT2D eigenvalue weighted by atomic mass is 9.84. The largest absolute Gasteiger partial charge is 0.340 e. The maximum Gasteiger partial charge on any atom is 0.222 e. The van der Waals surface area contributed by atoms with Crippen molar-refractivity contribution >= 4 is 5.91 Å². The number of carbonyl (C=O) groups excluding carboxylic acids is 1. The molecule has 1 atom stereocenters. The van der Waals surface area contributed by atoms with E-state index in [0.29, 0.717) is 11.9 Å². The Hall–Kier alpha value is -0.570. The highest BCUT2D eigenvalue weighted by atomic mass is 16.2. The molecule has 2 heterocycles. The molecule has 0 aromatic heterocycles. The summed E-state index contributed by atoms with van der Waals surface area (Å²) in [5.41, 5.74) is 0. The van der Waals surface area contributed by atoms with Crippen molar-refractivity contribution in [3.05, 3.63) is 0 Å². The van der Waals surface area contributed by atoms with Crippen molar-refractivity contribution in [2.75, 3.05) is 19.6 Å². The van der Waals surface area contributed by atoms with Crippen molar-refractivity contribution < 1.29 is 4.79 Å². The van der Waals surface area contributed by atoms with Crippen molar-refractivity contribution in [1.82, 2.24) is 10.2 Å². The van der Waals surface area contributed by atoms with E-state index in [2.05, 4.69) is 10.2 Å². The zero-order chi connectivity index (χ0) is 15.2. The minimum Gasteiger partial charge on any atom is -0.340 e. The molecule has 1 amide bonds. The van der Waals surface area contributed by atoms with Crippen LogP contribution in [0.4, 0.5) is 0 Å². The number of piperidine rings is 1. The van der Waals surface area contributed by atoms with Gasteiger partial charge in [-0.1, -0.05) is 32.1 Å². The number of amides is 1. The third-order valence-corrected chi connectivity index (χ3v) is 6.25. The van der Waals surface area contributed by atoms with Crippen molar-refractivity contribution in [3.8, 4) is 0 Å². The molecule has 0 spiro atoms. The second-order valence-electron chi connectivity index (χ2n) is 7.85. The first-order chi connectivity index (χ1) is 10.8. The van der Waals surface area contributed by atoms with Crippen molar-refractivity contribution in [2.45, 2.75) is 83.1 Å². The Morgan fingerprint density at radius 2 is 1.68 bits per heavy atom. The molecular formula is C19H34N2O. The molecule has 3 aliphatic rings. The summed E-state index contributed by atoms with van der Waals surface area (Å²) in [6.07, 6.45) is 15.3. The summed E-state index contributed by atoms with van der Waals surface area (Å²) in [6.45, 7) is 3.32. The van der Waals surface area contributed by atoms with E-state index in [9.17, 15) is 4.79 Å². The number of nitrogens with zero attached hydrogens (tertiary/aromatic N) is 1. The zero-order valence-electron chi connectivity index (χ0n) is 14.2. The van der Waals surface area contributed by atoms with Gasteiger partial charge in [-0.2, -0.15) is 0 Å². The van der Waals surface area contributed by atoms with Crippen LogP contribution in [0.1, 0.15) is 77.0 Å². The number of likely N-dealkylation sites (tertiary alicyclic amines) is 1. The molecule has 0 aromatic carbocycles. The summed E-state index contributed by atoms with van der Waals surface area (Å²) in [4.78, 5) is 14.9. The van der Waals surface area contributed by atoms with Gasteiger partial charge in [-0.15, -0.1) is 0 Å². The van der Waals surface area contributed by atoms with Gasteiger partial charge in [-0.05, 0) is 63.5 Å². The second-order valence-corrected chi connectivity index (χ2v) is 7.85. The van der Waals surface area contributed by atoms with Crippen molar-refractivity contribution in [2.24, 2.45) is 11.8 Å². The maximum atomic E-state index is 12.7. The highest BCUT2D eigenvalue weighted by molar-refractivity contribution is 5.76. The predicted molar refractivity (Wildman–Crippen MR) is 90.8 cm³/mol. The van der Waals surface area contributed by atoms with Crippen LogP contribution in [0.5, 0.6) is 0 Å². The standard InChI is InChI=1S/C19H34N2O/c22-19(9-8-16-10-12-20-13-11-16)21-14-4-7-18(21)15-17-5-2-1-3-6-17/h16-18,20H,1-15H2. The topological polar surface area (TPSA) is 32.3 Å². The number of hydrogen-bond donors (Lipinski definition) is 1. The van der Waals surface area contributed by atoms with Gasteiger partial charge in [0.1, 0.15) is 0 Å². The van der Waals surface area contributed by atoms with E-state index in [1.54, 1.807) is 0 Å². The summed E-state index contributed by atoms with van der Waals surface area (Å²) in [5.74, 6) is 2.14. The second kappa shape index (κ2) is 8.33. The molecule has 2 aliphatic heterocycles. The van der Waals surface area contributed by atoms with E-state index in [-0.39, 0.29) is 0 Å². The van der Waals surface area contributed by atoms with E-state index in [0.717, 1.165) is 44.3 Å². The first-order valence-corrected chi connectivity index (χ1v) is 9.83. The molecule has 22 heavy (non-hydrogen) atoms. The van der Waals surface area contributed by atoms with Crippen LogP contribution in [0.3, 0.4) is 0 Å². The van der Waals surface area contributed by atoms with Crippen LogP contribution in [-0.2, 0) is 4.79 Å². The quantitative estimate of drug-likeness (QED) is 0.839. The molecule has 1 saturated carbocycles. The van der Waals surface area contributed by atoms with E-state index < -0.39 is 0 Å². The highest BCUT2D eigenvalue weighted by Crippen LogP contribution is 2.32. The monoisotopic (exact) mass is 306 g/mol. The van der Waals surface area contributed by atoms with Crippen LogP contribution in [0.15, 0.2) is 0 Å². The molecule has 0 bridgehead atoms. The van der Waals surface area contributed by atoms with Crippen LogP contribution in [0, 0.1) is 11.8 Å². The normalized spacial score (nSPS) is 28.2. The van der Waals surface area contributed by atoms with Crippen LogP contribution >= 0.6 is 0 Å². The van der Waals surface area contributed by atoms with Crippen molar-refractivity contribution in [1.29, 1.82) is 0 Å². The predicted octanol–water partition coefficient (Wildman–Crippen LogP) is 3.73. The minimum absolute atomic E-state index is 0.455. The Bertz CT molecular complexity index is 345. The molecule has 3 heteroatoms. The Balaban J connectivity index is 1.43. The van der Waals surface area contributed by atoms with Gasteiger partial charge in [-0.3, -0.25) is 4.79 Å². The number of carbonyl (C=O) groups is 1. The van der Waals surface area contributed by atoms with Gasteiger partial charge in [0.05, 0.1) is 0 Å². The van der Waals surface area contributed by atoms with Crippen LogP contribution in [0.2, 0.25) is 0 Å². The Morgan fingerprint density at radius 3 is 2.45 bits per heavy atom. The third-order valence-electron chi connectivity index (χ3n) is 6.25. The lowest BCUT2D eigenvalue weighted by Crippen LogP contribution is -2.37. The van der Waals surface area contributed by atoms with Gasteiger partial charge in [0.15, 0.2) is 0 Å². The molecule has 3 nitrogen and oxygen atoms in total. The van der Waals surface area contributed by atoms with E-state index in [1.165, 1.54) is 64.2 Å². The first-order valence-electron chi connectivity index (χ1n) is 9.83. The molecule has 0 radical (unpaired) electrons. The van der Waals surface area contributed by atoms with Gasteiger partial charge >= 0.3 is 0 Å².